The zero-order valence-electron chi connectivity index (χ0n) is 16.4. The maximum Gasteiger partial charge on any atom is 0.411 e. The molecule has 2 atom stereocenters. The molecule has 1 amide bonds. The van der Waals surface area contributed by atoms with Gasteiger partial charge >= 0.3 is 6.09 Å². The van der Waals surface area contributed by atoms with Crippen LogP contribution < -0.4 is 5.32 Å². The van der Waals surface area contributed by atoms with E-state index in [1.54, 1.807) is 14.0 Å². The molecule has 1 aliphatic rings. The van der Waals surface area contributed by atoms with Gasteiger partial charge in [-0.1, -0.05) is 66.1 Å². The lowest BCUT2D eigenvalue weighted by molar-refractivity contribution is -0.116. The topological polar surface area (TPSA) is 64.6 Å². The second kappa shape index (κ2) is 15.2. The first kappa shape index (κ1) is 31.5. The molecule has 3 rings (SSSR count). The summed E-state index contributed by atoms with van der Waals surface area (Å²) in [6.45, 7) is 1.60. The number of amides is 1. The first-order valence-corrected chi connectivity index (χ1v) is 9.68. The Morgan fingerprint density at radius 1 is 0.844 bits per heavy atom. The van der Waals surface area contributed by atoms with Crippen LogP contribution in [0.25, 0.3) is 0 Å². The van der Waals surface area contributed by atoms with Gasteiger partial charge in [-0.2, -0.15) is 0 Å². The predicted molar refractivity (Wildman–Crippen MR) is 136 cm³/mol. The highest BCUT2D eigenvalue weighted by Gasteiger charge is 2.27. The van der Waals surface area contributed by atoms with Gasteiger partial charge in [-0.05, 0) is 55.0 Å². The van der Waals surface area contributed by atoms with Gasteiger partial charge < -0.3 is 9.47 Å². The molecular formula is C27H43NO4. The second-order valence-corrected chi connectivity index (χ2v) is 7.39. The Morgan fingerprint density at radius 3 is 1.84 bits per heavy atom. The maximum absolute atomic E-state index is 12.0. The fourth-order valence-corrected chi connectivity index (χ4v) is 3.52. The summed E-state index contributed by atoms with van der Waals surface area (Å²) in [5, 5.41) is 2.78. The van der Waals surface area contributed by atoms with E-state index < -0.39 is 6.09 Å². The average molecular weight is 446 g/mol. The number of ether oxygens (including phenoxy) is 2. The fraction of sp³-hybridized carbons (Fsp3) is 0.481. The SMILES string of the molecule is C.C.C.C.COC1CCC(OC(=O)Nc2ccc(Cc3ccc(CC(C)=O)cc3)cc2)C1. The number of hydrogen-bond donors (Lipinski definition) is 1. The van der Waals surface area contributed by atoms with E-state index in [0.717, 1.165) is 36.8 Å². The van der Waals surface area contributed by atoms with Crippen LogP contribution in [0.4, 0.5) is 10.5 Å². The third-order valence-electron chi connectivity index (χ3n) is 5.03. The van der Waals surface area contributed by atoms with Crippen molar-refractivity contribution in [3.8, 4) is 0 Å². The number of Topliss-reactive ketones (excluding diaryl/α,β-unsaturated/α-hetero) is 1. The lowest BCUT2D eigenvalue weighted by Gasteiger charge is -2.13. The quantitative estimate of drug-likeness (QED) is 0.495. The van der Waals surface area contributed by atoms with Crippen LogP contribution in [0.3, 0.4) is 0 Å². The summed E-state index contributed by atoms with van der Waals surface area (Å²) in [6.07, 6.45) is 3.50. The van der Waals surface area contributed by atoms with Crippen molar-refractivity contribution >= 4 is 17.6 Å². The van der Waals surface area contributed by atoms with Crippen molar-refractivity contribution in [3.63, 3.8) is 0 Å². The molecule has 0 radical (unpaired) electrons. The minimum atomic E-state index is -0.421. The Morgan fingerprint density at radius 2 is 1.34 bits per heavy atom. The minimum absolute atomic E-state index is 0. The molecule has 2 aromatic carbocycles. The molecule has 0 spiro atoms. The number of rotatable bonds is 7. The van der Waals surface area contributed by atoms with Gasteiger partial charge in [-0.25, -0.2) is 4.79 Å². The van der Waals surface area contributed by atoms with E-state index in [1.807, 2.05) is 36.4 Å². The molecule has 32 heavy (non-hydrogen) atoms. The maximum atomic E-state index is 12.0. The molecule has 0 bridgehead atoms. The monoisotopic (exact) mass is 445 g/mol. The zero-order chi connectivity index (χ0) is 19.9. The highest BCUT2D eigenvalue weighted by atomic mass is 16.6. The van der Waals surface area contributed by atoms with Crippen LogP contribution in [0.2, 0.25) is 0 Å². The van der Waals surface area contributed by atoms with Crippen molar-refractivity contribution in [1.29, 1.82) is 0 Å². The molecule has 5 nitrogen and oxygen atoms in total. The van der Waals surface area contributed by atoms with Gasteiger partial charge in [-0.3, -0.25) is 10.1 Å². The Hall–Kier alpha value is -2.66. The third kappa shape index (κ3) is 9.65. The van der Waals surface area contributed by atoms with Crippen molar-refractivity contribution < 1.29 is 19.1 Å². The molecule has 180 valence electrons. The third-order valence-corrected chi connectivity index (χ3v) is 5.03. The average Bonchev–Trinajstić information content (AvgIpc) is 3.12. The van der Waals surface area contributed by atoms with Crippen molar-refractivity contribution in [3.05, 3.63) is 65.2 Å². The van der Waals surface area contributed by atoms with Gasteiger partial charge in [0.2, 0.25) is 0 Å². The lowest BCUT2D eigenvalue weighted by Crippen LogP contribution is -2.21. The fourth-order valence-electron chi connectivity index (χ4n) is 3.52. The van der Waals surface area contributed by atoms with E-state index in [2.05, 4.69) is 17.4 Å². The summed E-state index contributed by atoms with van der Waals surface area (Å²) in [4.78, 5) is 23.2. The van der Waals surface area contributed by atoms with E-state index in [1.165, 1.54) is 5.56 Å². The number of methoxy groups -OCH3 is 1. The predicted octanol–water partition coefficient (Wildman–Crippen LogP) is 7.07. The Balaban J connectivity index is 0. The first-order valence-electron chi connectivity index (χ1n) is 9.68. The molecule has 0 aliphatic heterocycles. The van der Waals surface area contributed by atoms with Crippen LogP contribution in [-0.2, 0) is 27.1 Å². The molecule has 2 unspecified atom stereocenters. The molecule has 1 aliphatic carbocycles. The van der Waals surface area contributed by atoms with Crippen molar-refractivity contribution in [2.45, 2.75) is 80.9 Å². The molecule has 0 saturated heterocycles. The first-order chi connectivity index (χ1) is 13.5. The highest BCUT2D eigenvalue weighted by Crippen LogP contribution is 2.24. The molecule has 1 N–H and O–H groups in total. The number of anilines is 1. The Labute approximate surface area is 195 Å². The van der Waals surface area contributed by atoms with Crippen LogP contribution in [0.15, 0.2) is 48.5 Å². The van der Waals surface area contributed by atoms with Crippen LogP contribution in [0.1, 0.15) is 72.6 Å². The number of hydrogen-bond acceptors (Lipinski definition) is 4. The van der Waals surface area contributed by atoms with Crippen molar-refractivity contribution in [1.82, 2.24) is 0 Å². The summed E-state index contributed by atoms with van der Waals surface area (Å²) < 4.78 is 10.8. The van der Waals surface area contributed by atoms with Gasteiger partial charge in [-0.15, -0.1) is 0 Å². The number of nitrogens with one attached hydrogen (secondary N) is 1. The molecule has 1 fully saturated rings. The van der Waals surface area contributed by atoms with Crippen LogP contribution >= 0.6 is 0 Å². The number of ketones is 1. The van der Waals surface area contributed by atoms with E-state index in [4.69, 9.17) is 9.47 Å². The lowest BCUT2D eigenvalue weighted by atomic mass is 10.0. The zero-order valence-corrected chi connectivity index (χ0v) is 16.4. The summed E-state index contributed by atoms with van der Waals surface area (Å²) in [5.41, 5.74) is 4.08. The molecule has 5 heteroatoms. The largest absolute Gasteiger partial charge is 0.446 e. The van der Waals surface area contributed by atoms with E-state index in [-0.39, 0.29) is 47.7 Å². The summed E-state index contributed by atoms with van der Waals surface area (Å²) in [7, 11) is 1.69. The highest BCUT2D eigenvalue weighted by molar-refractivity contribution is 5.84. The van der Waals surface area contributed by atoms with Gasteiger partial charge in [0.05, 0.1) is 6.10 Å². The standard InChI is InChI=1S/C23H27NO4.4CH4/c1-16(25)13-17-3-5-18(6-4-17)14-19-7-9-20(10-8-19)24-23(26)28-22-12-11-21(15-22)27-2;;;;/h3-10,21-22H,11-15H2,1-2H3,(H,24,26);4*1H4. The molecular weight excluding hydrogens is 402 g/mol. The van der Waals surface area contributed by atoms with Gasteiger partial charge in [0, 0.05) is 25.6 Å². The number of carbonyl (C=O) groups excluding carboxylic acids is 2. The molecule has 0 heterocycles. The van der Waals surface area contributed by atoms with Crippen molar-refractivity contribution in [2.24, 2.45) is 0 Å². The second-order valence-electron chi connectivity index (χ2n) is 7.39. The Kier molecular flexibility index (Phi) is 15.0. The summed E-state index contributed by atoms with van der Waals surface area (Å²) in [6, 6.07) is 15.9. The number of carbonyl (C=O) groups is 2. The smallest absolute Gasteiger partial charge is 0.411 e. The summed E-state index contributed by atoms with van der Waals surface area (Å²) in [5.74, 6) is 0.167. The molecule has 1 saturated carbocycles. The normalized spacial score (nSPS) is 16.3. The van der Waals surface area contributed by atoms with E-state index in [0.29, 0.717) is 12.1 Å². The van der Waals surface area contributed by atoms with E-state index in [9.17, 15) is 9.59 Å². The molecule has 0 aromatic heterocycles. The van der Waals surface area contributed by atoms with Crippen LogP contribution in [-0.4, -0.2) is 31.2 Å². The summed E-state index contributed by atoms with van der Waals surface area (Å²) >= 11 is 0. The van der Waals surface area contributed by atoms with Gasteiger partial charge in [0.25, 0.3) is 0 Å². The van der Waals surface area contributed by atoms with Crippen molar-refractivity contribution in [2.75, 3.05) is 12.4 Å². The Bertz CT molecular complexity index is 799. The molecule has 2 aromatic rings. The van der Waals surface area contributed by atoms with Crippen LogP contribution in [0, 0.1) is 0 Å². The van der Waals surface area contributed by atoms with Crippen LogP contribution in [0.5, 0.6) is 0 Å². The minimum Gasteiger partial charge on any atom is -0.446 e. The van der Waals surface area contributed by atoms with E-state index >= 15 is 0 Å². The van der Waals surface area contributed by atoms with Gasteiger partial charge in [0.1, 0.15) is 11.9 Å². The number of benzene rings is 2. The van der Waals surface area contributed by atoms with Gasteiger partial charge in [0.15, 0.2) is 0 Å².